The lowest BCUT2D eigenvalue weighted by Gasteiger charge is -2.10. The average Bonchev–Trinajstić information content (AvgIpc) is 3.20. The van der Waals surface area contributed by atoms with E-state index in [0.717, 1.165) is 6.07 Å². The van der Waals surface area contributed by atoms with Gasteiger partial charge in [-0.05, 0) is 36.8 Å². The first-order valence-corrected chi connectivity index (χ1v) is 10.8. The molecule has 0 amide bonds. The van der Waals surface area contributed by atoms with Crippen LogP contribution in [0.2, 0.25) is 5.02 Å². The SMILES string of the molecule is Cc1cc(NS(=O)(=O)c2nc(-c3ccccc3)oc2-c2ccccc2)c(Cl)cc1F. The molecule has 0 atom stereocenters. The summed E-state index contributed by atoms with van der Waals surface area (Å²) in [6.07, 6.45) is 0. The van der Waals surface area contributed by atoms with Crippen LogP contribution >= 0.6 is 11.6 Å². The van der Waals surface area contributed by atoms with E-state index in [2.05, 4.69) is 9.71 Å². The Morgan fingerprint density at radius 2 is 1.57 bits per heavy atom. The number of anilines is 1. The number of aryl methyl sites for hydroxylation is 1. The molecule has 1 aromatic heterocycles. The highest BCUT2D eigenvalue weighted by Crippen LogP contribution is 2.34. The van der Waals surface area contributed by atoms with Gasteiger partial charge in [0.15, 0.2) is 5.76 Å². The third-order valence-corrected chi connectivity index (χ3v) is 5.99. The van der Waals surface area contributed by atoms with Crippen LogP contribution in [0.25, 0.3) is 22.8 Å². The molecule has 0 fully saturated rings. The molecule has 0 bridgehead atoms. The van der Waals surface area contributed by atoms with Gasteiger partial charge in [0.1, 0.15) is 5.82 Å². The minimum absolute atomic E-state index is 0.0545. The predicted molar refractivity (Wildman–Crippen MR) is 114 cm³/mol. The number of hydrogen-bond donors (Lipinski definition) is 1. The molecule has 0 saturated heterocycles. The summed E-state index contributed by atoms with van der Waals surface area (Å²) >= 11 is 6.04. The molecule has 0 aliphatic heterocycles. The molecular formula is C22H16ClFN2O3S. The molecule has 4 aromatic rings. The van der Waals surface area contributed by atoms with E-state index < -0.39 is 15.8 Å². The highest BCUT2D eigenvalue weighted by molar-refractivity contribution is 7.92. The topological polar surface area (TPSA) is 72.2 Å². The van der Waals surface area contributed by atoms with Crippen molar-refractivity contribution < 1.29 is 17.2 Å². The average molecular weight is 443 g/mol. The van der Waals surface area contributed by atoms with Crippen LogP contribution in [-0.2, 0) is 10.0 Å². The maximum Gasteiger partial charge on any atom is 0.283 e. The van der Waals surface area contributed by atoms with Crippen LogP contribution in [0.3, 0.4) is 0 Å². The molecule has 0 spiro atoms. The molecule has 0 aliphatic rings. The fourth-order valence-electron chi connectivity index (χ4n) is 2.89. The van der Waals surface area contributed by atoms with Crippen LogP contribution in [0.4, 0.5) is 10.1 Å². The van der Waals surface area contributed by atoms with Crippen LogP contribution in [0.1, 0.15) is 5.56 Å². The van der Waals surface area contributed by atoms with Crippen molar-refractivity contribution in [2.75, 3.05) is 4.72 Å². The van der Waals surface area contributed by atoms with Crippen molar-refractivity contribution in [2.45, 2.75) is 11.9 Å². The van der Waals surface area contributed by atoms with Crippen molar-refractivity contribution in [3.63, 3.8) is 0 Å². The molecule has 152 valence electrons. The molecule has 1 heterocycles. The van der Waals surface area contributed by atoms with Gasteiger partial charge in [-0.1, -0.05) is 60.1 Å². The summed E-state index contributed by atoms with van der Waals surface area (Å²) in [4.78, 5) is 4.26. The maximum atomic E-state index is 13.7. The highest BCUT2D eigenvalue weighted by Gasteiger charge is 2.28. The first-order chi connectivity index (χ1) is 14.3. The zero-order valence-corrected chi connectivity index (χ0v) is 17.3. The second-order valence-electron chi connectivity index (χ2n) is 6.57. The summed E-state index contributed by atoms with van der Waals surface area (Å²) in [5.41, 5.74) is 1.49. The van der Waals surface area contributed by atoms with E-state index in [1.807, 2.05) is 12.1 Å². The normalized spacial score (nSPS) is 11.4. The predicted octanol–water partition coefficient (Wildman–Crippen LogP) is 5.91. The second-order valence-corrected chi connectivity index (χ2v) is 8.58. The van der Waals surface area contributed by atoms with Crippen LogP contribution < -0.4 is 4.72 Å². The zero-order chi connectivity index (χ0) is 21.3. The Bertz CT molecular complexity index is 1310. The third kappa shape index (κ3) is 3.94. The number of hydrogen-bond acceptors (Lipinski definition) is 4. The Balaban J connectivity index is 1.84. The number of rotatable bonds is 5. The van der Waals surface area contributed by atoms with Gasteiger partial charge in [0.05, 0.1) is 10.7 Å². The first kappa shape index (κ1) is 20.1. The number of aromatic nitrogens is 1. The molecular weight excluding hydrogens is 427 g/mol. The standard InChI is InChI=1S/C22H16ClFN2O3S/c1-14-12-19(17(23)13-18(14)24)26-30(27,28)22-20(15-8-4-2-5-9-15)29-21(25-22)16-10-6-3-7-11-16/h2-13,26H,1H3. The smallest absolute Gasteiger partial charge is 0.283 e. The first-order valence-electron chi connectivity index (χ1n) is 8.95. The molecule has 5 nitrogen and oxygen atoms in total. The molecule has 0 radical (unpaired) electrons. The van der Waals surface area contributed by atoms with Crippen LogP contribution in [0, 0.1) is 12.7 Å². The van der Waals surface area contributed by atoms with Gasteiger partial charge < -0.3 is 4.42 Å². The lowest BCUT2D eigenvalue weighted by atomic mass is 10.2. The number of nitrogens with one attached hydrogen (secondary N) is 1. The quantitative estimate of drug-likeness (QED) is 0.417. The zero-order valence-electron chi connectivity index (χ0n) is 15.8. The van der Waals surface area contributed by atoms with Crippen LogP contribution in [0.5, 0.6) is 0 Å². The van der Waals surface area contributed by atoms with Crippen molar-refractivity contribution in [3.8, 4) is 22.8 Å². The van der Waals surface area contributed by atoms with Crippen molar-refractivity contribution in [1.29, 1.82) is 0 Å². The summed E-state index contributed by atoms with van der Waals surface area (Å²) in [7, 11) is -4.19. The van der Waals surface area contributed by atoms with E-state index in [4.69, 9.17) is 16.0 Å². The molecule has 0 unspecified atom stereocenters. The Morgan fingerprint density at radius 1 is 0.967 bits per heavy atom. The summed E-state index contributed by atoms with van der Waals surface area (Å²) in [6, 6.07) is 20.2. The number of benzene rings is 3. The summed E-state index contributed by atoms with van der Waals surface area (Å²) in [6.45, 7) is 1.52. The number of halogens is 2. The molecule has 30 heavy (non-hydrogen) atoms. The van der Waals surface area contributed by atoms with Gasteiger partial charge in [-0.25, -0.2) is 4.39 Å². The largest absolute Gasteiger partial charge is 0.435 e. The monoisotopic (exact) mass is 442 g/mol. The number of oxazole rings is 1. The van der Waals surface area contributed by atoms with E-state index in [1.54, 1.807) is 48.5 Å². The van der Waals surface area contributed by atoms with Gasteiger partial charge in [-0.3, -0.25) is 4.72 Å². The van der Waals surface area contributed by atoms with Crippen LogP contribution in [0.15, 0.2) is 82.2 Å². The molecule has 3 aromatic carbocycles. The summed E-state index contributed by atoms with van der Waals surface area (Å²) in [5.74, 6) is -0.270. The van der Waals surface area contributed by atoms with E-state index >= 15 is 0 Å². The van der Waals surface area contributed by atoms with Crippen molar-refractivity contribution in [1.82, 2.24) is 4.98 Å². The Morgan fingerprint density at radius 3 is 2.20 bits per heavy atom. The van der Waals surface area contributed by atoms with E-state index in [0.29, 0.717) is 11.1 Å². The van der Waals surface area contributed by atoms with Crippen molar-refractivity contribution >= 4 is 27.3 Å². The van der Waals surface area contributed by atoms with Crippen LogP contribution in [-0.4, -0.2) is 13.4 Å². The molecule has 8 heteroatoms. The fourth-order valence-corrected chi connectivity index (χ4v) is 4.31. The highest BCUT2D eigenvalue weighted by atomic mass is 35.5. The minimum Gasteiger partial charge on any atom is -0.435 e. The van der Waals surface area contributed by atoms with Crippen molar-refractivity contribution in [2.24, 2.45) is 0 Å². The number of nitrogens with zero attached hydrogens (tertiary/aromatic N) is 1. The van der Waals surface area contributed by atoms with E-state index in [9.17, 15) is 12.8 Å². The van der Waals surface area contributed by atoms with Gasteiger partial charge in [-0.2, -0.15) is 13.4 Å². The maximum absolute atomic E-state index is 13.7. The molecule has 0 aliphatic carbocycles. The van der Waals surface area contributed by atoms with E-state index in [-0.39, 0.29) is 33.0 Å². The lowest BCUT2D eigenvalue weighted by molar-refractivity contribution is 0.581. The third-order valence-electron chi connectivity index (χ3n) is 4.40. The van der Waals surface area contributed by atoms with Gasteiger partial charge in [0.2, 0.25) is 10.9 Å². The number of sulfonamides is 1. The van der Waals surface area contributed by atoms with Crippen molar-refractivity contribution in [3.05, 3.63) is 89.2 Å². The van der Waals surface area contributed by atoms with Gasteiger partial charge in [-0.15, -0.1) is 0 Å². The lowest BCUT2D eigenvalue weighted by Crippen LogP contribution is -2.15. The summed E-state index contributed by atoms with van der Waals surface area (Å²) < 4.78 is 48.4. The van der Waals surface area contributed by atoms with Gasteiger partial charge >= 0.3 is 0 Å². The van der Waals surface area contributed by atoms with Gasteiger partial charge in [0.25, 0.3) is 10.0 Å². The Hall–Kier alpha value is -3.16. The molecule has 1 N–H and O–H groups in total. The summed E-state index contributed by atoms with van der Waals surface area (Å²) in [5, 5.41) is -0.347. The van der Waals surface area contributed by atoms with E-state index in [1.165, 1.54) is 13.0 Å². The van der Waals surface area contributed by atoms with Gasteiger partial charge in [0, 0.05) is 11.1 Å². The fraction of sp³-hybridized carbons (Fsp3) is 0.0455. The minimum atomic E-state index is -4.19. The Kier molecular flexibility index (Phi) is 5.32. The second kappa shape index (κ2) is 7.93. The molecule has 4 rings (SSSR count). The Labute approximate surface area is 178 Å². The molecule has 0 saturated carbocycles.